The van der Waals surface area contributed by atoms with Gasteiger partial charge in [-0.25, -0.2) is 9.18 Å². The molecule has 0 aromatic heterocycles. The lowest BCUT2D eigenvalue weighted by Crippen LogP contribution is -2.32. The summed E-state index contributed by atoms with van der Waals surface area (Å²) in [6.45, 7) is 1.56. The minimum Gasteiger partial charge on any atom is -0.465 e. The van der Waals surface area contributed by atoms with Crippen molar-refractivity contribution in [2.24, 2.45) is 0 Å². The van der Waals surface area contributed by atoms with Crippen LogP contribution in [0.15, 0.2) is 48.5 Å². The van der Waals surface area contributed by atoms with E-state index in [1.807, 2.05) is 0 Å². The first-order valence-electron chi connectivity index (χ1n) is 7.92. The van der Waals surface area contributed by atoms with Gasteiger partial charge in [0.1, 0.15) is 5.82 Å². The number of ether oxygens (including phenoxy) is 1. The first-order valence-corrected chi connectivity index (χ1v) is 7.92. The number of benzene rings is 2. The largest absolute Gasteiger partial charge is 0.465 e. The molecule has 0 atom stereocenters. The molecule has 2 rings (SSSR count). The summed E-state index contributed by atoms with van der Waals surface area (Å²) in [5.41, 5.74) is 1.42. The highest BCUT2D eigenvalue weighted by atomic mass is 19.1. The molecule has 0 spiro atoms. The second kappa shape index (κ2) is 8.75. The van der Waals surface area contributed by atoms with Gasteiger partial charge in [-0.15, -0.1) is 0 Å². The quantitative estimate of drug-likeness (QED) is 0.806. The molecule has 0 fully saturated rings. The molecule has 26 heavy (non-hydrogen) atoms. The third-order valence-corrected chi connectivity index (χ3v) is 3.67. The normalized spacial score (nSPS) is 10.1. The number of rotatable bonds is 6. The second-order valence-electron chi connectivity index (χ2n) is 5.51. The second-order valence-corrected chi connectivity index (χ2v) is 5.51. The summed E-state index contributed by atoms with van der Waals surface area (Å²) < 4.78 is 17.5. The monoisotopic (exact) mass is 358 g/mol. The molecule has 2 amide bonds. The molecule has 0 radical (unpaired) electrons. The number of carbonyl (C=O) groups excluding carboxylic acids is 3. The van der Waals surface area contributed by atoms with Gasteiger partial charge >= 0.3 is 5.97 Å². The van der Waals surface area contributed by atoms with E-state index in [-0.39, 0.29) is 30.6 Å². The molecule has 0 heterocycles. The van der Waals surface area contributed by atoms with Crippen LogP contribution in [0.1, 0.15) is 23.7 Å². The number of halogens is 1. The van der Waals surface area contributed by atoms with Gasteiger partial charge in [-0.3, -0.25) is 9.59 Å². The highest BCUT2D eigenvalue weighted by Gasteiger charge is 2.14. The van der Waals surface area contributed by atoms with Crippen molar-refractivity contribution in [2.45, 2.75) is 13.3 Å². The van der Waals surface area contributed by atoms with Crippen molar-refractivity contribution in [2.75, 3.05) is 23.9 Å². The molecule has 2 aromatic carbocycles. The lowest BCUT2D eigenvalue weighted by Gasteiger charge is -2.21. The van der Waals surface area contributed by atoms with Gasteiger partial charge in [-0.1, -0.05) is 0 Å². The van der Waals surface area contributed by atoms with Gasteiger partial charge < -0.3 is 15.0 Å². The molecule has 6 nitrogen and oxygen atoms in total. The predicted octanol–water partition coefficient (Wildman–Crippen LogP) is 2.99. The Labute approximate surface area is 150 Å². The minimum absolute atomic E-state index is 0.0652. The first-order chi connectivity index (χ1) is 12.4. The van der Waals surface area contributed by atoms with Gasteiger partial charge in [0.25, 0.3) is 0 Å². The zero-order valence-corrected chi connectivity index (χ0v) is 14.5. The van der Waals surface area contributed by atoms with Crippen LogP contribution in [0.25, 0.3) is 0 Å². The molecule has 1 N–H and O–H groups in total. The topological polar surface area (TPSA) is 75.7 Å². The summed E-state index contributed by atoms with van der Waals surface area (Å²) in [5.74, 6) is -1.38. The standard InChI is InChI=1S/C19H19FN2O4/c1-13(23)22(17-9-3-14(4-10-17)19(25)26-2)12-11-18(24)21-16-7-5-15(20)6-8-16/h3-10H,11-12H2,1-2H3,(H,21,24). The zero-order valence-electron chi connectivity index (χ0n) is 14.5. The Kier molecular flexibility index (Phi) is 6.43. The van der Waals surface area contributed by atoms with Crippen LogP contribution in [0.2, 0.25) is 0 Å². The number of carbonyl (C=O) groups is 3. The maximum absolute atomic E-state index is 12.9. The first kappa shape index (κ1) is 19.1. The van der Waals surface area contributed by atoms with Crippen molar-refractivity contribution in [1.82, 2.24) is 0 Å². The summed E-state index contributed by atoms with van der Waals surface area (Å²) in [7, 11) is 1.29. The maximum atomic E-state index is 12.9. The fourth-order valence-electron chi connectivity index (χ4n) is 2.33. The van der Waals surface area contributed by atoms with Crippen molar-refractivity contribution in [3.63, 3.8) is 0 Å². The van der Waals surface area contributed by atoms with Gasteiger partial charge in [0.05, 0.1) is 12.7 Å². The third kappa shape index (κ3) is 5.14. The van der Waals surface area contributed by atoms with Crippen LogP contribution in [-0.2, 0) is 14.3 Å². The molecule has 0 aliphatic carbocycles. The number of esters is 1. The number of anilines is 2. The van der Waals surface area contributed by atoms with Crippen molar-refractivity contribution in [3.05, 3.63) is 59.9 Å². The summed E-state index contributed by atoms with van der Waals surface area (Å²) in [6, 6.07) is 11.8. The van der Waals surface area contributed by atoms with Crippen LogP contribution in [0, 0.1) is 5.82 Å². The van der Waals surface area contributed by atoms with Crippen LogP contribution in [0.5, 0.6) is 0 Å². The molecule has 0 aliphatic rings. The minimum atomic E-state index is -0.468. The highest BCUT2D eigenvalue weighted by Crippen LogP contribution is 2.17. The Morgan fingerprint density at radius 1 is 1.04 bits per heavy atom. The summed E-state index contributed by atoms with van der Waals surface area (Å²) in [5, 5.41) is 2.64. The Balaban J connectivity index is 1.99. The van der Waals surface area contributed by atoms with E-state index in [0.29, 0.717) is 16.9 Å². The van der Waals surface area contributed by atoms with Crippen molar-refractivity contribution >= 4 is 29.2 Å². The fraction of sp³-hybridized carbons (Fsp3) is 0.211. The summed E-state index contributed by atoms with van der Waals surface area (Å²) in [6.07, 6.45) is 0.0652. The van der Waals surface area contributed by atoms with E-state index in [9.17, 15) is 18.8 Å². The van der Waals surface area contributed by atoms with Gasteiger partial charge in [-0.05, 0) is 48.5 Å². The van der Waals surface area contributed by atoms with Crippen LogP contribution in [-0.4, -0.2) is 31.4 Å². The number of amides is 2. The number of methoxy groups -OCH3 is 1. The molecule has 2 aromatic rings. The Hall–Kier alpha value is -3.22. The lowest BCUT2D eigenvalue weighted by atomic mass is 10.2. The van der Waals surface area contributed by atoms with Crippen molar-refractivity contribution in [3.8, 4) is 0 Å². The van der Waals surface area contributed by atoms with Crippen LogP contribution in [0.3, 0.4) is 0 Å². The highest BCUT2D eigenvalue weighted by molar-refractivity contribution is 5.95. The molecular weight excluding hydrogens is 339 g/mol. The molecule has 0 saturated heterocycles. The van der Waals surface area contributed by atoms with E-state index in [2.05, 4.69) is 10.1 Å². The summed E-state index contributed by atoms with van der Waals surface area (Å²) >= 11 is 0. The van der Waals surface area contributed by atoms with Gasteiger partial charge in [-0.2, -0.15) is 0 Å². The van der Waals surface area contributed by atoms with Gasteiger partial charge in [0.2, 0.25) is 11.8 Å². The molecule has 0 saturated carbocycles. The molecule has 0 aliphatic heterocycles. The Bertz CT molecular complexity index is 788. The number of nitrogens with zero attached hydrogens (tertiary/aromatic N) is 1. The molecule has 7 heteroatoms. The van der Waals surface area contributed by atoms with Gasteiger partial charge in [0, 0.05) is 31.3 Å². The van der Waals surface area contributed by atoms with Gasteiger partial charge in [0.15, 0.2) is 0 Å². The Morgan fingerprint density at radius 3 is 2.19 bits per heavy atom. The number of hydrogen-bond donors (Lipinski definition) is 1. The SMILES string of the molecule is COC(=O)c1ccc(N(CCC(=O)Nc2ccc(F)cc2)C(C)=O)cc1. The fourth-order valence-corrected chi connectivity index (χ4v) is 2.33. The van der Waals surface area contributed by atoms with E-state index in [4.69, 9.17) is 0 Å². The Morgan fingerprint density at radius 2 is 1.65 bits per heavy atom. The summed E-state index contributed by atoms with van der Waals surface area (Å²) in [4.78, 5) is 36.8. The van der Waals surface area contributed by atoms with E-state index in [1.165, 1.54) is 43.2 Å². The molecule has 136 valence electrons. The van der Waals surface area contributed by atoms with Crippen LogP contribution >= 0.6 is 0 Å². The molecule has 0 bridgehead atoms. The zero-order chi connectivity index (χ0) is 19.1. The third-order valence-electron chi connectivity index (χ3n) is 3.67. The smallest absolute Gasteiger partial charge is 0.337 e. The van der Waals surface area contributed by atoms with E-state index < -0.39 is 5.97 Å². The van der Waals surface area contributed by atoms with E-state index >= 15 is 0 Å². The predicted molar refractivity (Wildman–Crippen MR) is 95.5 cm³/mol. The average Bonchev–Trinajstić information content (AvgIpc) is 2.63. The van der Waals surface area contributed by atoms with E-state index in [0.717, 1.165) is 0 Å². The van der Waals surface area contributed by atoms with Crippen molar-refractivity contribution in [1.29, 1.82) is 0 Å². The van der Waals surface area contributed by atoms with Crippen LogP contribution < -0.4 is 10.2 Å². The van der Waals surface area contributed by atoms with E-state index in [1.54, 1.807) is 24.3 Å². The van der Waals surface area contributed by atoms with Crippen molar-refractivity contribution < 1.29 is 23.5 Å². The number of nitrogens with one attached hydrogen (secondary N) is 1. The molecular formula is C19H19FN2O4. The number of hydrogen-bond acceptors (Lipinski definition) is 4. The molecule has 0 unspecified atom stereocenters. The average molecular weight is 358 g/mol. The lowest BCUT2D eigenvalue weighted by molar-refractivity contribution is -0.117. The van der Waals surface area contributed by atoms with Crippen LogP contribution in [0.4, 0.5) is 15.8 Å². The maximum Gasteiger partial charge on any atom is 0.337 e.